The fourth-order valence-corrected chi connectivity index (χ4v) is 1.89. The molecule has 0 aliphatic rings. The second kappa shape index (κ2) is 7.17. The van der Waals surface area contributed by atoms with Crippen LogP contribution in [-0.2, 0) is 0 Å². The minimum absolute atomic E-state index is 0. The van der Waals surface area contributed by atoms with E-state index in [4.69, 9.17) is 10.8 Å². The minimum Gasteiger partial charge on any atom is -0.396 e. The third kappa shape index (κ3) is 3.57. The van der Waals surface area contributed by atoms with E-state index in [0.717, 1.165) is 11.1 Å². The van der Waals surface area contributed by atoms with E-state index in [0.29, 0.717) is 6.42 Å². The lowest BCUT2D eigenvalue weighted by atomic mass is 9.99. The molecule has 0 aliphatic heterocycles. The zero-order valence-electron chi connectivity index (χ0n) is 10.1. The van der Waals surface area contributed by atoms with Crippen molar-refractivity contribution in [3.05, 3.63) is 60.2 Å². The zero-order valence-corrected chi connectivity index (χ0v) is 10.9. The van der Waals surface area contributed by atoms with Crippen LogP contribution in [0.3, 0.4) is 0 Å². The highest BCUT2D eigenvalue weighted by Gasteiger charge is 2.06. The number of hydrogen-bond acceptors (Lipinski definition) is 2. The molecule has 0 spiro atoms. The predicted molar refractivity (Wildman–Crippen MR) is 77.8 cm³/mol. The summed E-state index contributed by atoms with van der Waals surface area (Å²) in [5, 5.41) is 8.90. The number of aliphatic hydroxyl groups excluding tert-OH is 1. The monoisotopic (exact) mass is 263 g/mol. The van der Waals surface area contributed by atoms with Crippen LogP contribution in [-0.4, -0.2) is 11.7 Å². The summed E-state index contributed by atoms with van der Waals surface area (Å²) in [7, 11) is 0. The highest BCUT2D eigenvalue weighted by atomic mass is 35.5. The van der Waals surface area contributed by atoms with Gasteiger partial charge in [0.15, 0.2) is 0 Å². The van der Waals surface area contributed by atoms with Gasteiger partial charge < -0.3 is 10.8 Å². The first kappa shape index (κ1) is 14.7. The fourth-order valence-electron chi connectivity index (χ4n) is 1.89. The van der Waals surface area contributed by atoms with Gasteiger partial charge in [0.1, 0.15) is 0 Å². The topological polar surface area (TPSA) is 46.2 Å². The van der Waals surface area contributed by atoms with Gasteiger partial charge in [0.05, 0.1) is 0 Å². The molecule has 0 aliphatic carbocycles. The number of rotatable bonds is 4. The van der Waals surface area contributed by atoms with E-state index < -0.39 is 0 Å². The summed E-state index contributed by atoms with van der Waals surface area (Å²) >= 11 is 0. The molecule has 96 valence electrons. The molecule has 3 heteroatoms. The Morgan fingerprint density at radius 3 is 2.28 bits per heavy atom. The Morgan fingerprint density at radius 2 is 1.61 bits per heavy atom. The van der Waals surface area contributed by atoms with Crippen LogP contribution in [0.2, 0.25) is 0 Å². The van der Waals surface area contributed by atoms with Crippen LogP contribution in [0.5, 0.6) is 0 Å². The predicted octanol–water partition coefficient (Wildman–Crippen LogP) is 3.16. The molecule has 0 heterocycles. The molecule has 2 rings (SSSR count). The number of aliphatic hydroxyl groups is 1. The summed E-state index contributed by atoms with van der Waals surface area (Å²) in [5.74, 6) is 0. The molecule has 0 saturated heterocycles. The van der Waals surface area contributed by atoms with Crippen LogP contribution in [0.25, 0.3) is 11.1 Å². The standard InChI is InChI=1S/C15H17NO.ClH/c16-15(9-10-17)14-8-4-7-13(11-14)12-5-2-1-3-6-12;/h1-8,11,15,17H,9-10,16H2;1H/t15-;/m0./s1. The van der Waals surface area contributed by atoms with Crippen LogP contribution in [0.15, 0.2) is 54.6 Å². The minimum atomic E-state index is -0.0938. The number of halogens is 1. The van der Waals surface area contributed by atoms with Crippen molar-refractivity contribution >= 4 is 12.4 Å². The van der Waals surface area contributed by atoms with Crippen LogP contribution < -0.4 is 5.73 Å². The van der Waals surface area contributed by atoms with E-state index in [9.17, 15) is 0 Å². The van der Waals surface area contributed by atoms with Crippen LogP contribution >= 0.6 is 12.4 Å². The van der Waals surface area contributed by atoms with Gasteiger partial charge >= 0.3 is 0 Å². The molecule has 0 bridgehead atoms. The van der Waals surface area contributed by atoms with E-state index in [-0.39, 0.29) is 25.1 Å². The molecule has 0 saturated carbocycles. The second-order valence-corrected chi connectivity index (χ2v) is 4.11. The second-order valence-electron chi connectivity index (χ2n) is 4.11. The van der Waals surface area contributed by atoms with E-state index in [1.165, 1.54) is 5.56 Å². The average molecular weight is 264 g/mol. The normalized spacial score (nSPS) is 11.7. The molecule has 0 aromatic heterocycles. The SMILES string of the molecule is Cl.N[C@@H](CCO)c1cccc(-c2ccccc2)c1. The molecular weight excluding hydrogens is 246 g/mol. The van der Waals surface area contributed by atoms with Crippen molar-refractivity contribution in [2.75, 3.05) is 6.61 Å². The van der Waals surface area contributed by atoms with Crippen LogP contribution in [0.1, 0.15) is 18.0 Å². The van der Waals surface area contributed by atoms with Crippen LogP contribution in [0.4, 0.5) is 0 Å². The molecular formula is C15H18ClNO. The quantitative estimate of drug-likeness (QED) is 0.890. The summed E-state index contributed by atoms with van der Waals surface area (Å²) in [4.78, 5) is 0. The van der Waals surface area contributed by atoms with E-state index in [1.807, 2.05) is 30.3 Å². The smallest absolute Gasteiger partial charge is 0.0449 e. The molecule has 1 atom stereocenters. The first-order valence-corrected chi connectivity index (χ1v) is 5.83. The Balaban J connectivity index is 0.00000162. The number of nitrogens with two attached hydrogens (primary N) is 1. The summed E-state index contributed by atoms with van der Waals surface area (Å²) in [6, 6.07) is 18.3. The molecule has 2 aromatic rings. The Labute approximate surface area is 114 Å². The lowest BCUT2D eigenvalue weighted by Crippen LogP contribution is -2.11. The highest BCUT2D eigenvalue weighted by molar-refractivity contribution is 5.85. The summed E-state index contributed by atoms with van der Waals surface area (Å²) in [6.45, 7) is 0.122. The van der Waals surface area contributed by atoms with E-state index in [2.05, 4.69) is 24.3 Å². The first-order chi connectivity index (χ1) is 8.31. The van der Waals surface area contributed by atoms with Crippen LogP contribution in [0, 0.1) is 0 Å². The van der Waals surface area contributed by atoms with Crippen molar-refractivity contribution in [3.63, 3.8) is 0 Å². The Morgan fingerprint density at radius 1 is 0.944 bits per heavy atom. The molecule has 18 heavy (non-hydrogen) atoms. The molecule has 0 amide bonds. The van der Waals surface area contributed by atoms with Crippen molar-refractivity contribution in [3.8, 4) is 11.1 Å². The van der Waals surface area contributed by atoms with Crippen molar-refractivity contribution < 1.29 is 5.11 Å². The molecule has 2 nitrogen and oxygen atoms in total. The van der Waals surface area contributed by atoms with Gasteiger partial charge in [-0.25, -0.2) is 0 Å². The summed E-state index contributed by atoms with van der Waals surface area (Å²) in [6.07, 6.45) is 0.595. The molecule has 2 aromatic carbocycles. The van der Waals surface area contributed by atoms with Gasteiger partial charge in [-0.1, -0.05) is 48.5 Å². The largest absolute Gasteiger partial charge is 0.396 e. The number of hydrogen-bond donors (Lipinski definition) is 2. The third-order valence-electron chi connectivity index (χ3n) is 2.86. The average Bonchev–Trinajstić information content (AvgIpc) is 2.40. The van der Waals surface area contributed by atoms with Gasteiger partial charge in [0, 0.05) is 12.6 Å². The molecule has 0 fully saturated rings. The fraction of sp³-hybridized carbons (Fsp3) is 0.200. The Hall–Kier alpha value is -1.35. The van der Waals surface area contributed by atoms with Gasteiger partial charge in [-0.15, -0.1) is 12.4 Å². The van der Waals surface area contributed by atoms with Gasteiger partial charge in [0.2, 0.25) is 0 Å². The van der Waals surface area contributed by atoms with Gasteiger partial charge in [-0.3, -0.25) is 0 Å². The van der Waals surface area contributed by atoms with Gasteiger partial charge in [-0.05, 0) is 29.2 Å². The molecule has 3 N–H and O–H groups in total. The zero-order chi connectivity index (χ0) is 12.1. The number of benzene rings is 2. The lowest BCUT2D eigenvalue weighted by molar-refractivity contribution is 0.276. The molecule has 0 radical (unpaired) electrons. The van der Waals surface area contributed by atoms with E-state index in [1.54, 1.807) is 0 Å². The Bertz CT molecular complexity index is 473. The van der Waals surface area contributed by atoms with E-state index >= 15 is 0 Å². The van der Waals surface area contributed by atoms with Crippen molar-refractivity contribution in [1.82, 2.24) is 0 Å². The maximum absolute atomic E-state index is 8.90. The maximum Gasteiger partial charge on any atom is 0.0449 e. The van der Waals surface area contributed by atoms with Crippen molar-refractivity contribution in [2.24, 2.45) is 5.73 Å². The third-order valence-corrected chi connectivity index (χ3v) is 2.86. The van der Waals surface area contributed by atoms with Crippen molar-refractivity contribution in [2.45, 2.75) is 12.5 Å². The Kier molecular flexibility index (Phi) is 5.86. The lowest BCUT2D eigenvalue weighted by Gasteiger charge is -2.12. The van der Waals surface area contributed by atoms with Gasteiger partial charge in [0.25, 0.3) is 0 Å². The molecule has 0 unspecified atom stereocenters. The van der Waals surface area contributed by atoms with Gasteiger partial charge in [-0.2, -0.15) is 0 Å². The van der Waals surface area contributed by atoms with Crippen molar-refractivity contribution in [1.29, 1.82) is 0 Å². The summed E-state index contributed by atoms with van der Waals surface area (Å²) < 4.78 is 0. The maximum atomic E-state index is 8.90. The first-order valence-electron chi connectivity index (χ1n) is 5.83. The highest BCUT2D eigenvalue weighted by Crippen LogP contribution is 2.23. The summed E-state index contributed by atoms with van der Waals surface area (Å²) in [5.41, 5.74) is 9.41.